The fourth-order valence-electron chi connectivity index (χ4n) is 3.36. The molecule has 0 radical (unpaired) electrons. The van der Waals surface area contributed by atoms with Gasteiger partial charge in [-0.3, -0.25) is 14.8 Å². The number of carbonyl (C=O) groups is 1. The van der Waals surface area contributed by atoms with E-state index in [1.54, 1.807) is 12.1 Å². The van der Waals surface area contributed by atoms with Gasteiger partial charge in [0.2, 0.25) is 5.91 Å². The second kappa shape index (κ2) is 7.72. The van der Waals surface area contributed by atoms with Crippen LogP contribution in [-0.2, 0) is 30.7 Å². The Morgan fingerprint density at radius 3 is 2.63 bits per heavy atom. The molecule has 0 saturated heterocycles. The maximum absolute atomic E-state index is 13.0. The summed E-state index contributed by atoms with van der Waals surface area (Å²) in [5.41, 5.74) is 4.19. The van der Waals surface area contributed by atoms with Crippen LogP contribution in [0.4, 0.5) is 10.2 Å². The number of hydrogen-bond donors (Lipinski definition) is 2. The number of halogens is 1. The number of benzene rings is 2. The van der Waals surface area contributed by atoms with E-state index in [1.807, 2.05) is 6.07 Å². The average Bonchev–Trinajstić information content (AvgIpc) is 3.24. The van der Waals surface area contributed by atoms with Crippen molar-refractivity contribution >= 4 is 11.7 Å². The van der Waals surface area contributed by atoms with Crippen LogP contribution in [0.1, 0.15) is 22.4 Å². The molecule has 6 heteroatoms. The van der Waals surface area contributed by atoms with Crippen molar-refractivity contribution in [3.63, 3.8) is 0 Å². The van der Waals surface area contributed by atoms with Gasteiger partial charge in [0.05, 0.1) is 12.1 Å². The molecule has 4 rings (SSSR count). The summed E-state index contributed by atoms with van der Waals surface area (Å²) in [5, 5.41) is 10.2. The zero-order valence-electron chi connectivity index (χ0n) is 14.9. The van der Waals surface area contributed by atoms with E-state index < -0.39 is 0 Å². The Morgan fingerprint density at radius 1 is 1.07 bits per heavy atom. The van der Waals surface area contributed by atoms with E-state index in [9.17, 15) is 9.18 Å². The molecule has 0 bridgehead atoms. The monoisotopic (exact) mass is 364 g/mol. The molecule has 2 aromatic carbocycles. The summed E-state index contributed by atoms with van der Waals surface area (Å²) in [4.78, 5) is 14.6. The van der Waals surface area contributed by atoms with E-state index in [2.05, 4.69) is 44.7 Å². The minimum Gasteiger partial charge on any atom is -0.309 e. The minimum absolute atomic E-state index is 0.154. The van der Waals surface area contributed by atoms with E-state index in [0.717, 1.165) is 42.9 Å². The number of carbonyl (C=O) groups excluding carboxylic acids is 1. The van der Waals surface area contributed by atoms with E-state index in [4.69, 9.17) is 0 Å². The molecule has 1 amide bonds. The van der Waals surface area contributed by atoms with Crippen molar-refractivity contribution in [2.24, 2.45) is 0 Å². The first-order chi connectivity index (χ1) is 13.2. The average molecular weight is 364 g/mol. The van der Waals surface area contributed by atoms with Crippen molar-refractivity contribution < 1.29 is 9.18 Å². The van der Waals surface area contributed by atoms with Crippen LogP contribution >= 0.6 is 0 Å². The van der Waals surface area contributed by atoms with Crippen LogP contribution in [0.3, 0.4) is 0 Å². The Hall–Kier alpha value is -2.99. The number of H-pyrrole nitrogens is 1. The molecular formula is C21H21FN4O. The topological polar surface area (TPSA) is 61.0 Å². The van der Waals surface area contributed by atoms with Crippen LogP contribution in [0, 0.1) is 5.82 Å². The Kier molecular flexibility index (Phi) is 4.98. The van der Waals surface area contributed by atoms with E-state index in [1.165, 1.54) is 17.7 Å². The molecule has 0 spiro atoms. The third-order valence-electron chi connectivity index (χ3n) is 4.81. The Labute approximate surface area is 157 Å². The molecule has 1 aliphatic rings. The molecule has 3 aromatic rings. The molecule has 0 aliphatic carbocycles. The number of hydrogen-bond acceptors (Lipinski definition) is 3. The van der Waals surface area contributed by atoms with Gasteiger partial charge >= 0.3 is 0 Å². The van der Waals surface area contributed by atoms with Crippen LogP contribution in [0.5, 0.6) is 0 Å². The standard InChI is InChI=1S/C21H21FN4O/c22-17-8-6-16(7-9-17)12-20(27)23-21-18-13-26(14-19(18)24-25-21)11-10-15-4-2-1-3-5-15/h1-9H,10-14H2,(H2,23,24,25,27). The number of anilines is 1. The second-order valence-electron chi connectivity index (χ2n) is 6.83. The molecule has 0 saturated carbocycles. The SMILES string of the molecule is O=C(Cc1ccc(F)cc1)Nc1n[nH]c2c1CN(CCc1ccccc1)C2. The van der Waals surface area contributed by atoms with Crippen molar-refractivity contribution in [2.45, 2.75) is 25.9 Å². The van der Waals surface area contributed by atoms with Gasteiger partial charge in [0.1, 0.15) is 5.82 Å². The van der Waals surface area contributed by atoms with Crippen LogP contribution in [-0.4, -0.2) is 27.5 Å². The summed E-state index contributed by atoms with van der Waals surface area (Å²) in [6.07, 6.45) is 1.18. The van der Waals surface area contributed by atoms with Gasteiger partial charge in [-0.25, -0.2) is 4.39 Å². The first kappa shape index (κ1) is 17.4. The van der Waals surface area contributed by atoms with E-state index in [0.29, 0.717) is 5.82 Å². The number of aromatic nitrogens is 2. The normalized spacial score (nSPS) is 13.5. The Balaban J connectivity index is 1.33. The first-order valence-electron chi connectivity index (χ1n) is 9.04. The van der Waals surface area contributed by atoms with Crippen LogP contribution in [0.2, 0.25) is 0 Å². The number of nitrogens with one attached hydrogen (secondary N) is 2. The fraction of sp³-hybridized carbons (Fsp3) is 0.238. The molecule has 2 heterocycles. The highest BCUT2D eigenvalue weighted by molar-refractivity contribution is 5.92. The van der Waals surface area contributed by atoms with Gasteiger partial charge in [-0.1, -0.05) is 42.5 Å². The fourth-order valence-corrected chi connectivity index (χ4v) is 3.36. The second-order valence-corrected chi connectivity index (χ2v) is 6.83. The van der Waals surface area contributed by atoms with Gasteiger partial charge in [0.25, 0.3) is 0 Å². The maximum atomic E-state index is 13.0. The van der Waals surface area contributed by atoms with Gasteiger partial charge in [0, 0.05) is 25.2 Å². The van der Waals surface area contributed by atoms with Gasteiger partial charge < -0.3 is 5.32 Å². The molecule has 0 unspecified atom stereocenters. The summed E-state index contributed by atoms with van der Waals surface area (Å²) in [6, 6.07) is 16.4. The van der Waals surface area contributed by atoms with Gasteiger partial charge in [0.15, 0.2) is 5.82 Å². The lowest BCUT2D eigenvalue weighted by Crippen LogP contribution is -2.21. The predicted octanol–water partition coefficient (Wildman–Crippen LogP) is 3.29. The lowest BCUT2D eigenvalue weighted by Gasteiger charge is -2.15. The highest BCUT2D eigenvalue weighted by Crippen LogP contribution is 2.27. The molecular weight excluding hydrogens is 343 g/mol. The molecule has 138 valence electrons. The molecule has 2 N–H and O–H groups in total. The number of aromatic amines is 1. The predicted molar refractivity (Wildman–Crippen MR) is 102 cm³/mol. The molecule has 27 heavy (non-hydrogen) atoms. The van der Waals surface area contributed by atoms with Crippen molar-refractivity contribution in [2.75, 3.05) is 11.9 Å². The highest BCUT2D eigenvalue weighted by Gasteiger charge is 2.25. The van der Waals surface area contributed by atoms with Crippen molar-refractivity contribution in [1.82, 2.24) is 15.1 Å². The van der Waals surface area contributed by atoms with Crippen LogP contribution in [0.15, 0.2) is 54.6 Å². The quantitative estimate of drug-likeness (QED) is 0.706. The molecule has 5 nitrogen and oxygen atoms in total. The summed E-state index contributed by atoms with van der Waals surface area (Å²) in [7, 11) is 0. The smallest absolute Gasteiger partial charge is 0.230 e. The summed E-state index contributed by atoms with van der Waals surface area (Å²) in [6.45, 7) is 2.53. The zero-order valence-corrected chi connectivity index (χ0v) is 14.9. The lowest BCUT2D eigenvalue weighted by atomic mass is 10.1. The third kappa shape index (κ3) is 4.23. The van der Waals surface area contributed by atoms with Crippen LogP contribution < -0.4 is 5.32 Å². The number of nitrogens with zero attached hydrogens (tertiary/aromatic N) is 2. The maximum Gasteiger partial charge on any atom is 0.230 e. The Bertz CT molecular complexity index is 921. The zero-order chi connectivity index (χ0) is 18.6. The van der Waals surface area contributed by atoms with Gasteiger partial charge in [-0.15, -0.1) is 0 Å². The number of rotatable bonds is 6. The summed E-state index contributed by atoms with van der Waals surface area (Å²) >= 11 is 0. The van der Waals surface area contributed by atoms with Crippen LogP contribution in [0.25, 0.3) is 0 Å². The van der Waals surface area contributed by atoms with E-state index >= 15 is 0 Å². The van der Waals surface area contributed by atoms with Crippen molar-refractivity contribution in [1.29, 1.82) is 0 Å². The lowest BCUT2D eigenvalue weighted by molar-refractivity contribution is -0.115. The van der Waals surface area contributed by atoms with Gasteiger partial charge in [-0.05, 0) is 29.7 Å². The number of fused-ring (bicyclic) bond motifs is 1. The Morgan fingerprint density at radius 2 is 1.85 bits per heavy atom. The van der Waals surface area contributed by atoms with E-state index in [-0.39, 0.29) is 18.1 Å². The van der Waals surface area contributed by atoms with Crippen molar-refractivity contribution in [3.8, 4) is 0 Å². The van der Waals surface area contributed by atoms with Crippen molar-refractivity contribution in [3.05, 3.63) is 82.8 Å². The summed E-state index contributed by atoms with van der Waals surface area (Å²) < 4.78 is 13.0. The molecule has 1 aromatic heterocycles. The minimum atomic E-state index is -0.306. The molecule has 0 fully saturated rings. The third-order valence-corrected chi connectivity index (χ3v) is 4.81. The van der Waals surface area contributed by atoms with Gasteiger partial charge in [-0.2, -0.15) is 5.10 Å². The summed E-state index contributed by atoms with van der Waals surface area (Å²) in [5.74, 6) is 0.137. The molecule has 1 aliphatic heterocycles. The largest absolute Gasteiger partial charge is 0.309 e. The highest BCUT2D eigenvalue weighted by atomic mass is 19.1. The first-order valence-corrected chi connectivity index (χ1v) is 9.04. The molecule has 0 atom stereocenters. The number of amides is 1.